The fourth-order valence-electron chi connectivity index (χ4n) is 3.42. The highest BCUT2D eigenvalue weighted by Gasteiger charge is 2.37. The third-order valence-corrected chi connectivity index (χ3v) is 7.20. The Morgan fingerprint density at radius 3 is 2.74 bits per heavy atom. The largest absolute Gasteiger partial charge is 0.383 e. The van der Waals surface area contributed by atoms with Crippen LogP contribution in [0.25, 0.3) is 0 Å². The second kappa shape index (κ2) is 8.20. The lowest BCUT2D eigenvalue weighted by Gasteiger charge is -2.29. The molecule has 27 heavy (non-hydrogen) atoms. The number of methoxy groups -OCH3 is 1. The number of anilines is 1. The molecule has 3 amide bonds. The van der Waals surface area contributed by atoms with Gasteiger partial charge in [0, 0.05) is 25.6 Å². The van der Waals surface area contributed by atoms with Crippen LogP contribution in [0.4, 0.5) is 5.00 Å². The molecule has 0 aromatic carbocycles. The smallest absolute Gasteiger partial charge is 0.257 e. The van der Waals surface area contributed by atoms with Crippen LogP contribution in [0.15, 0.2) is 0 Å². The minimum absolute atomic E-state index is 0.0641. The van der Waals surface area contributed by atoms with E-state index < -0.39 is 0 Å². The van der Waals surface area contributed by atoms with E-state index in [1.54, 1.807) is 19.1 Å². The highest BCUT2D eigenvalue weighted by Crippen LogP contribution is 2.41. The second-order valence-corrected chi connectivity index (χ2v) is 9.03. The van der Waals surface area contributed by atoms with Crippen LogP contribution in [-0.2, 0) is 27.3 Å². The van der Waals surface area contributed by atoms with E-state index in [0.29, 0.717) is 43.2 Å². The molecule has 2 aliphatic rings. The van der Waals surface area contributed by atoms with Crippen molar-refractivity contribution in [2.45, 2.75) is 25.1 Å². The Morgan fingerprint density at radius 2 is 2.07 bits per heavy atom. The quantitative estimate of drug-likeness (QED) is 0.734. The number of amides is 3. The first kappa shape index (κ1) is 20.2. The van der Waals surface area contributed by atoms with Crippen LogP contribution >= 0.6 is 23.1 Å². The number of fused-ring (bicyclic) bond motifs is 3. The number of thiophene rings is 1. The first-order valence-corrected chi connectivity index (χ1v) is 11.0. The van der Waals surface area contributed by atoms with E-state index in [0.717, 1.165) is 10.4 Å². The Balaban J connectivity index is 1.98. The number of nitrogens with zero attached hydrogens (tertiary/aromatic N) is 3. The Kier molecular flexibility index (Phi) is 6.12. The molecule has 3 rings (SSSR count). The highest BCUT2D eigenvalue weighted by atomic mass is 32.2. The van der Waals surface area contributed by atoms with Gasteiger partial charge in [-0.2, -0.15) is 11.8 Å². The highest BCUT2D eigenvalue weighted by molar-refractivity contribution is 7.99. The standard InChI is InChI=1S/C18H25N3O4S2/c1-11(26-4)16(23)20-6-5-12-13(9-20)27-18-15(12)17(24)19(2)10-14(22)21(18)7-8-25-3/h11H,5-10H2,1-4H3. The van der Waals surface area contributed by atoms with Crippen molar-refractivity contribution in [1.29, 1.82) is 0 Å². The molecule has 0 saturated heterocycles. The van der Waals surface area contributed by atoms with Crippen molar-refractivity contribution in [3.8, 4) is 0 Å². The van der Waals surface area contributed by atoms with Gasteiger partial charge in [-0.05, 0) is 25.2 Å². The number of thioether (sulfide) groups is 1. The van der Waals surface area contributed by atoms with E-state index in [1.807, 2.05) is 18.1 Å². The maximum atomic E-state index is 12.9. The van der Waals surface area contributed by atoms with Crippen LogP contribution in [0.2, 0.25) is 0 Å². The molecule has 0 aliphatic carbocycles. The van der Waals surface area contributed by atoms with Gasteiger partial charge >= 0.3 is 0 Å². The Hall–Kier alpha value is -1.58. The molecule has 2 aliphatic heterocycles. The summed E-state index contributed by atoms with van der Waals surface area (Å²) in [6.45, 7) is 3.89. The third kappa shape index (κ3) is 3.72. The summed E-state index contributed by atoms with van der Waals surface area (Å²) in [6, 6.07) is 0. The monoisotopic (exact) mass is 411 g/mol. The van der Waals surface area contributed by atoms with Gasteiger partial charge in [0.15, 0.2) is 0 Å². The summed E-state index contributed by atoms with van der Waals surface area (Å²) in [5.41, 5.74) is 1.62. The van der Waals surface area contributed by atoms with E-state index in [1.165, 1.54) is 28.0 Å². The molecule has 0 N–H and O–H groups in total. The lowest BCUT2D eigenvalue weighted by molar-refractivity contribution is -0.131. The lowest BCUT2D eigenvalue weighted by atomic mass is 10.0. The molecule has 0 spiro atoms. The van der Waals surface area contributed by atoms with Gasteiger partial charge in [-0.3, -0.25) is 19.3 Å². The number of carbonyl (C=O) groups excluding carboxylic acids is 3. The normalized spacial score (nSPS) is 18.3. The summed E-state index contributed by atoms with van der Waals surface area (Å²) in [7, 11) is 3.25. The topological polar surface area (TPSA) is 70.2 Å². The van der Waals surface area contributed by atoms with Gasteiger partial charge in [-0.1, -0.05) is 0 Å². The van der Waals surface area contributed by atoms with Gasteiger partial charge < -0.3 is 14.5 Å². The molecule has 3 heterocycles. The summed E-state index contributed by atoms with van der Waals surface area (Å²) < 4.78 is 5.15. The zero-order chi connectivity index (χ0) is 19.7. The fourth-order valence-corrected chi connectivity index (χ4v) is 5.17. The minimum Gasteiger partial charge on any atom is -0.383 e. The van der Waals surface area contributed by atoms with Crippen molar-refractivity contribution in [3.05, 3.63) is 16.0 Å². The summed E-state index contributed by atoms with van der Waals surface area (Å²) in [4.78, 5) is 44.2. The van der Waals surface area contributed by atoms with Crippen molar-refractivity contribution in [3.63, 3.8) is 0 Å². The number of likely N-dealkylation sites (N-methyl/N-ethyl adjacent to an activating group) is 1. The lowest BCUT2D eigenvalue weighted by Crippen LogP contribution is -2.40. The number of hydrogen-bond donors (Lipinski definition) is 0. The van der Waals surface area contributed by atoms with Gasteiger partial charge in [-0.25, -0.2) is 0 Å². The van der Waals surface area contributed by atoms with E-state index in [-0.39, 0.29) is 29.5 Å². The van der Waals surface area contributed by atoms with Crippen LogP contribution in [0.3, 0.4) is 0 Å². The number of hydrogen-bond acceptors (Lipinski definition) is 6. The van der Waals surface area contributed by atoms with Crippen molar-refractivity contribution < 1.29 is 19.1 Å². The summed E-state index contributed by atoms with van der Waals surface area (Å²) in [6.07, 6.45) is 2.57. The first-order valence-electron chi connectivity index (χ1n) is 8.89. The molecular formula is C18H25N3O4S2. The van der Waals surface area contributed by atoms with Gasteiger partial charge in [0.25, 0.3) is 5.91 Å². The predicted molar refractivity (Wildman–Crippen MR) is 108 cm³/mol. The average molecular weight is 412 g/mol. The van der Waals surface area contributed by atoms with Crippen LogP contribution in [0.1, 0.15) is 27.7 Å². The predicted octanol–water partition coefficient (Wildman–Crippen LogP) is 1.45. The fraction of sp³-hybridized carbons (Fsp3) is 0.611. The molecule has 1 unspecified atom stereocenters. The first-order chi connectivity index (χ1) is 12.9. The third-order valence-electron chi connectivity index (χ3n) is 5.05. The molecule has 0 saturated carbocycles. The second-order valence-electron chi connectivity index (χ2n) is 6.77. The summed E-state index contributed by atoms with van der Waals surface area (Å²) in [5, 5.41) is 0.612. The van der Waals surface area contributed by atoms with Crippen LogP contribution in [0, 0.1) is 0 Å². The molecule has 148 valence electrons. The van der Waals surface area contributed by atoms with Gasteiger partial charge in [0.1, 0.15) is 11.5 Å². The minimum atomic E-state index is -0.118. The molecule has 9 heteroatoms. The number of rotatable bonds is 5. The number of carbonyl (C=O) groups is 3. The van der Waals surface area contributed by atoms with Crippen molar-refractivity contribution in [2.24, 2.45) is 0 Å². The van der Waals surface area contributed by atoms with E-state index in [9.17, 15) is 14.4 Å². The zero-order valence-electron chi connectivity index (χ0n) is 16.1. The molecule has 1 aromatic rings. The van der Waals surface area contributed by atoms with E-state index >= 15 is 0 Å². The Labute approximate surface area is 167 Å². The van der Waals surface area contributed by atoms with Crippen LogP contribution < -0.4 is 4.90 Å². The molecule has 0 radical (unpaired) electrons. The van der Waals surface area contributed by atoms with Crippen LogP contribution in [-0.4, -0.2) is 79.4 Å². The average Bonchev–Trinajstić information content (AvgIpc) is 3.00. The van der Waals surface area contributed by atoms with E-state index in [4.69, 9.17) is 4.74 Å². The molecule has 1 atom stereocenters. The van der Waals surface area contributed by atoms with Crippen molar-refractivity contribution >= 4 is 45.8 Å². The molecule has 1 aromatic heterocycles. The maximum Gasteiger partial charge on any atom is 0.257 e. The van der Waals surface area contributed by atoms with Crippen LogP contribution in [0.5, 0.6) is 0 Å². The molecule has 0 fully saturated rings. The van der Waals surface area contributed by atoms with Gasteiger partial charge in [0.05, 0.1) is 30.5 Å². The zero-order valence-corrected chi connectivity index (χ0v) is 17.7. The number of ether oxygens (including phenoxy) is 1. The van der Waals surface area contributed by atoms with E-state index in [2.05, 4.69) is 0 Å². The molecule has 7 nitrogen and oxygen atoms in total. The van der Waals surface area contributed by atoms with Crippen molar-refractivity contribution in [2.75, 3.05) is 51.6 Å². The SMILES string of the molecule is COCCN1C(=O)CN(C)C(=O)c2c1sc1c2CCN(C(=O)C(C)SC)C1. The van der Waals surface area contributed by atoms with Gasteiger partial charge in [-0.15, -0.1) is 11.3 Å². The molecule has 0 bridgehead atoms. The Bertz CT molecular complexity index is 764. The maximum absolute atomic E-state index is 12.9. The Morgan fingerprint density at radius 1 is 1.33 bits per heavy atom. The summed E-state index contributed by atoms with van der Waals surface area (Å²) >= 11 is 2.99. The molecular weight excluding hydrogens is 386 g/mol. The van der Waals surface area contributed by atoms with Gasteiger partial charge in [0.2, 0.25) is 11.8 Å². The summed E-state index contributed by atoms with van der Waals surface area (Å²) in [5.74, 6) is -0.107. The van der Waals surface area contributed by atoms with Crippen molar-refractivity contribution in [1.82, 2.24) is 9.80 Å².